The monoisotopic (exact) mass is 535 g/mol. The molecule has 3 aromatic carbocycles. The highest BCUT2D eigenvalue weighted by atomic mass is 19.1. The van der Waals surface area contributed by atoms with E-state index in [1.807, 2.05) is 54.6 Å². The molecule has 8 nitrogen and oxygen atoms in total. The van der Waals surface area contributed by atoms with Crippen molar-refractivity contribution < 1.29 is 18.7 Å². The standard InChI is InChI=1S/C31H26FN5O3/c32-27-19-22(34-31-26-9-5-4-8-25(26)30(35-36-31)21-6-2-1-3-7-21)10-11-28(27)40-24-12-13-33-23(18-24)20-29(38)37-14-16-39-17-15-37/h1-13,18-19H,14-17,20H2,(H,34,36). The second kappa shape index (κ2) is 11.5. The number of halogens is 1. The van der Waals surface area contributed by atoms with Gasteiger partial charge in [0, 0.05) is 53.4 Å². The Hall–Kier alpha value is -4.89. The molecule has 3 heterocycles. The summed E-state index contributed by atoms with van der Waals surface area (Å²) in [7, 11) is 0. The zero-order chi connectivity index (χ0) is 27.3. The first-order valence-electron chi connectivity index (χ1n) is 13.0. The number of pyridine rings is 1. The topological polar surface area (TPSA) is 89.5 Å². The molecule has 6 rings (SSSR count). The maximum Gasteiger partial charge on any atom is 0.228 e. The van der Waals surface area contributed by atoms with Crippen molar-refractivity contribution >= 4 is 28.2 Å². The van der Waals surface area contributed by atoms with Gasteiger partial charge in [-0.05, 0) is 18.2 Å². The fraction of sp³-hybridized carbons (Fsp3) is 0.161. The molecule has 0 radical (unpaired) electrons. The second-order valence-electron chi connectivity index (χ2n) is 9.33. The Kier molecular flexibility index (Phi) is 7.28. The number of nitrogens with one attached hydrogen (secondary N) is 1. The summed E-state index contributed by atoms with van der Waals surface area (Å²) in [5.74, 6) is 0.394. The van der Waals surface area contributed by atoms with E-state index in [1.165, 1.54) is 6.07 Å². The smallest absolute Gasteiger partial charge is 0.228 e. The summed E-state index contributed by atoms with van der Waals surface area (Å²) >= 11 is 0. The highest BCUT2D eigenvalue weighted by Crippen LogP contribution is 2.32. The number of anilines is 2. The Labute approximate surface area is 230 Å². The molecule has 5 aromatic rings. The fourth-order valence-electron chi connectivity index (χ4n) is 4.63. The predicted octanol–water partition coefficient (Wildman–Crippen LogP) is 5.77. The van der Waals surface area contributed by atoms with E-state index in [2.05, 4.69) is 20.5 Å². The fourth-order valence-corrected chi connectivity index (χ4v) is 4.63. The minimum absolute atomic E-state index is 0.0259. The number of rotatable bonds is 7. The number of benzene rings is 3. The lowest BCUT2D eigenvalue weighted by Crippen LogP contribution is -2.41. The molecule has 0 atom stereocenters. The van der Waals surface area contributed by atoms with E-state index in [1.54, 1.807) is 35.4 Å². The van der Waals surface area contributed by atoms with Crippen LogP contribution in [0.15, 0.2) is 91.1 Å². The van der Waals surface area contributed by atoms with Gasteiger partial charge in [-0.3, -0.25) is 9.78 Å². The van der Waals surface area contributed by atoms with Crippen molar-refractivity contribution in [1.29, 1.82) is 0 Å². The van der Waals surface area contributed by atoms with E-state index in [9.17, 15) is 4.79 Å². The van der Waals surface area contributed by atoms with Gasteiger partial charge >= 0.3 is 0 Å². The number of amides is 1. The summed E-state index contributed by atoms with van der Waals surface area (Å²) in [6.07, 6.45) is 1.69. The molecule has 1 N–H and O–H groups in total. The molecule has 1 saturated heterocycles. The highest BCUT2D eigenvalue weighted by Gasteiger charge is 2.18. The van der Waals surface area contributed by atoms with Crippen LogP contribution in [0.5, 0.6) is 11.5 Å². The average Bonchev–Trinajstić information content (AvgIpc) is 3.00. The zero-order valence-electron chi connectivity index (χ0n) is 21.6. The Balaban J connectivity index is 1.18. The molecule has 0 spiro atoms. The quantitative estimate of drug-likeness (QED) is 0.283. The first-order valence-corrected chi connectivity index (χ1v) is 13.0. The third kappa shape index (κ3) is 5.60. The minimum atomic E-state index is -0.550. The number of fused-ring (bicyclic) bond motifs is 1. The van der Waals surface area contributed by atoms with Gasteiger partial charge in [0.2, 0.25) is 5.91 Å². The molecule has 40 heavy (non-hydrogen) atoms. The van der Waals surface area contributed by atoms with Crippen LogP contribution in [0.3, 0.4) is 0 Å². The minimum Gasteiger partial charge on any atom is -0.454 e. The van der Waals surface area contributed by atoms with Gasteiger partial charge < -0.3 is 19.7 Å². The SMILES string of the molecule is O=C(Cc1cc(Oc2ccc(Nc3nnc(-c4ccccc4)c4ccccc34)cc2F)ccn1)N1CCOCC1. The third-order valence-electron chi connectivity index (χ3n) is 6.64. The molecule has 9 heteroatoms. The lowest BCUT2D eigenvalue weighted by molar-refractivity contribution is -0.134. The highest BCUT2D eigenvalue weighted by molar-refractivity contribution is 6.00. The van der Waals surface area contributed by atoms with Crippen LogP contribution in [-0.4, -0.2) is 52.3 Å². The first-order chi connectivity index (χ1) is 19.6. The van der Waals surface area contributed by atoms with E-state index in [-0.39, 0.29) is 18.1 Å². The van der Waals surface area contributed by atoms with Gasteiger partial charge in [-0.15, -0.1) is 10.2 Å². The summed E-state index contributed by atoms with van der Waals surface area (Å²) < 4.78 is 26.2. The largest absolute Gasteiger partial charge is 0.454 e. The summed E-state index contributed by atoms with van der Waals surface area (Å²) in [4.78, 5) is 18.6. The van der Waals surface area contributed by atoms with Crippen molar-refractivity contribution in [3.05, 3.63) is 103 Å². The molecule has 1 amide bonds. The van der Waals surface area contributed by atoms with E-state index in [0.29, 0.717) is 49.3 Å². The number of aromatic nitrogens is 3. The van der Waals surface area contributed by atoms with Crippen LogP contribution in [-0.2, 0) is 16.0 Å². The average molecular weight is 536 g/mol. The number of nitrogens with zero attached hydrogens (tertiary/aromatic N) is 4. The van der Waals surface area contributed by atoms with Crippen molar-refractivity contribution in [2.75, 3.05) is 31.6 Å². The van der Waals surface area contributed by atoms with Crippen LogP contribution >= 0.6 is 0 Å². The second-order valence-corrected chi connectivity index (χ2v) is 9.33. The third-order valence-corrected chi connectivity index (χ3v) is 6.64. The van der Waals surface area contributed by atoms with Gasteiger partial charge in [0.1, 0.15) is 11.4 Å². The Morgan fingerprint density at radius 3 is 2.50 bits per heavy atom. The van der Waals surface area contributed by atoms with E-state index >= 15 is 4.39 Å². The molecular weight excluding hydrogens is 509 g/mol. The molecule has 1 aliphatic rings. The van der Waals surface area contributed by atoms with Crippen LogP contribution in [0.4, 0.5) is 15.9 Å². The van der Waals surface area contributed by atoms with Crippen molar-refractivity contribution in [1.82, 2.24) is 20.1 Å². The van der Waals surface area contributed by atoms with Crippen molar-refractivity contribution in [2.45, 2.75) is 6.42 Å². The van der Waals surface area contributed by atoms with Gasteiger partial charge in [0.15, 0.2) is 17.4 Å². The Morgan fingerprint density at radius 2 is 1.70 bits per heavy atom. The molecule has 1 aliphatic heterocycles. The number of ether oxygens (including phenoxy) is 2. The van der Waals surface area contributed by atoms with Crippen molar-refractivity contribution in [3.63, 3.8) is 0 Å². The molecule has 2 aromatic heterocycles. The molecule has 200 valence electrons. The van der Waals surface area contributed by atoms with Crippen LogP contribution in [0.2, 0.25) is 0 Å². The van der Waals surface area contributed by atoms with Crippen LogP contribution in [0.1, 0.15) is 5.69 Å². The summed E-state index contributed by atoms with van der Waals surface area (Å²) in [5, 5.41) is 13.9. The maximum absolute atomic E-state index is 15.1. The van der Waals surface area contributed by atoms with Gasteiger partial charge in [-0.2, -0.15) is 0 Å². The molecule has 0 bridgehead atoms. The molecule has 0 unspecified atom stereocenters. The Bertz CT molecular complexity index is 1660. The number of carbonyl (C=O) groups excluding carboxylic acids is 1. The zero-order valence-corrected chi connectivity index (χ0v) is 21.6. The summed E-state index contributed by atoms with van der Waals surface area (Å²) in [6.45, 7) is 2.21. The number of carbonyl (C=O) groups is 1. The van der Waals surface area contributed by atoms with E-state index in [0.717, 1.165) is 22.0 Å². The first kappa shape index (κ1) is 25.4. The number of morpholine rings is 1. The van der Waals surface area contributed by atoms with Gasteiger partial charge in [0.25, 0.3) is 0 Å². The molecule has 0 aliphatic carbocycles. The van der Waals surface area contributed by atoms with Crippen molar-refractivity contribution in [2.24, 2.45) is 0 Å². The lowest BCUT2D eigenvalue weighted by atomic mass is 10.0. The molecule has 0 saturated carbocycles. The van der Waals surface area contributed by atoms with E-state index < -0.39 is 5.82 Å². The van der Waals surface area contributed by atoms with Gasteiger partial charge in [-0.1, -0.05) is 54.6 Å². The lowest BCUT2D eigenvalue weighted by Gasteiger charge is -2.26. The maximum atomic E-state index is 15.1. The normalized spacial score (nSPS) is 13.3. The van der Waals surface area contributed by atoms with Gasteiger partial charge in [0.05, 0.1) is 25.3 Å². The predicted molar refractivity (Wildman–Crippen MR) is 150 cm³/mol. The Morgan fingerprint density at radius 1 is 0.925 bits per heavy atom. The summed E-state index contributed by atoms with van der Waals surface area (Å²) in [5.41, 5.74) is 2.80. The van der Waals surface area contributed by atoms with Crippen LogP contribution < -0.4 is 10.1 Å². The van der Waals surface area contributed by atoms with Crippen LogP contribution in [0.25, 0.3) is 22.0 Å². The number of hydrogen-bond acceptors (Lipinski definition) is 7. The van der Waals surface area contributed by atoms with Gasteiger partial charge in [-0.25, -0.2) is 4.39 Å². The molecular formula is C31H26FN5O3. The van der Waals surface area contributed by atoms with Crippen LogP contribution in [0, 0.1) is 5.82 Å². The molecule has 1 fully saturated rings. The van der Waals surface area contributed by atoms with Crippen molar-refractivity contribution in [3.8, 4) is 22.8 Å². The number of hydrogen-bond donors (Lipinski definition) is 1. The summed E-state index contributed by atoms with van der Waals surface area (Å²) in [6, 6.07) is 25.6. The van der Waals surface area contributed by atoms with E-state index in [4.69, 9.17) is 9.47 Å².